The van der Waals surface area contributed by atoms with E-state index in [-0.39, 0.29) is 33.1 Å². The number of hydrogen-bond donors (Lipinski definition) is 1. The first-order chi connectivity index (χ1) is 7.45. The number of hydrogen-bond acceptors (Lipinski definition) is 2. The number of aliphatic hydroxyl groups is 1. The van der Waals surface area contributed by atoms with Gasteiger partial charge in [-0.1, -0.05) is 33.8 Å². The van der Waals surface area contributed by atoms with E-state index in [9.17, 15) is 0 Å². The van der Waals surface area contributed by atoms with Gasteiger partial charge in [-0.05, 0) is 35.8 Å². The van der Waals surface area contributed by atoms with Gasteiger partial charge in [0.05, 0.1) is 0 Å². The van der Waals surface area contributed by atoms with Gasteiger partial charge in [0, 0.05) is 39.6 Å². The second-order valence-corrected chi connectivity index (χ2v) is 5.50. The van der Waals surface area contributed by atoms with E-state index < -0.39 is 0 Å². The molecule has 2 nitrogen and oxygen atoms in total. The summed E-state index contributed by atoms with van der Waals surface area (Å²) in [7, 11) is 0. The van der Waals surface area contributed by atoms with Gasteiger partial charge in [0.15, 0.2) is 0 Å². The van der Waals surface area contributed by atoms with Crippen LogP contribution in [0, 0.1) is 5.41 Å². The molecule has 0 aliphatic heterocycles. The SMILES string of the molecule is CC(c1ccc(CCCO)nc1)C(C)(C)C.[W]. The Morgan fingerprint density at radius 1 is 1.29 bits per heavy atom. The molecule has 3 heteroatoms. The van der Waals surface area contributed by atoms with Gasteiger partial charge in [0.2, 0.25) is 0 Å². The van der Waals surface area contributed by atoms with Crippen LogP contribution in [0.3, 0.4) is 0 Å². The van der Waals surface area contributed by atoms with Gasteiger partial charge in [-0.2, -0.15) is 0 Å². The summed E-state index contributed by atoms with van der Waals surface area (Å²) in [6.45, 7) is 9.22. The first kappa shape index (κ1) is 16.8. The van der Waals surface area contributed by atoms with Gasteiger partial charge < -0.3 is 5.11 Å². The molecule has 0 saturated carbocycles. The summed E-state index contributed by atoms with van der Waals surface area (Å²) >= 11 is 0. The Hall–Kier alpha value is -0.202. The number of aliphatic hydroxyl groups excluding tert-OH is 1. The fraction of sp³-hybridized carbons (Fsp3) is 0.643. The minimum Gasteiger partial charge on any atom is -0.396 e. The zero-order valence-electron chi connectivity index (χ0n) is 11.2. The maximum absolute atomic E-state index is 8.75. The van der Waals surface area contributed by atoms with Crippen molar-refractivity contribution in [3.63, 3.8) is 0 Å². The summed E-state index contributed by atoms with van der Waals surface area (Å²) < 4.78 is 0. The molecule has 1 heterocycles. The Balaban J connectivity index is 0.00000256. The van der Waals surface area contributed by atoms with Crippen LogP contribution < -0.4 is 0 Å². The molecule has 0 spiro atoms. The predicted molar refractivity (Wildman–Crippen MR) is 67.5 cm³/mol. The normalized spacial score (nSPS) is 13.0. The topological polar surface area (TPSA) is 33.1 Å². The average Bonchev–Trinajstić information content (AvgIpc) is 2.25. The largest absolute Gasteiger partial charge is 0.396 e. The molecule has 1 aromatic rings. The van der Waals surface area contributed by atoms with Gasteiger partial charge in [0.1, 0.15) is 0 Å². The molecule has 0 fully saturated rings. The monoisotopic (exact) mass is 405 g/mol. The van der Waals surface area contributed by atoms with Crippen LogP contribution in [0.1, 0.15) is 51.3 Å². The van der Waals surface area contributed by atoms with E-state index in [1.54, 1.807) is 0 Å². The molecule has 1 atom stereocenters. The standard InChI is InChI=1S/C14H23NO.W/c1-11(14(2,3)4)12-7-8-13(15-10-12)6-5-9-16;/h7-8,10-11,16H,5-6,9H2,1-4H3;. The third kappa shape index (κ3) is 5.31. The van der Waals surface area contributed by atoms with Crippen molar-refractivity contribution in [2.45, 2.75) is 46.5 Å². The zero-order chi connectivity index (χ0) is 12.2. The molecule has 1 unspecified atom stereocenters. The Morgan fingerprint density at radius 2 is 1.94 bits per heavy atom. The maximum Gasteiger partial charge on any atom is 0.0434 e. The van der Waals surface area contributed by atoms with Crippen molar-refractivity contribution >= 4 is 0 Å². The maximum atomic E-state index is 8.75. The van der Waals surface area contributed by atoms with Crippen LogP contribution in [-0.4, -0.2) is 16.7 Å². The van der Waals surface area contributed by atoms with Crippen LogP contribution >= 0.6 is 0 Å². The second-order valence-electron chi connectivity index (χ2n) is 5.50. The van der Waals surface area contributed by atoms with Crippen LogP contribution in [0.4, 0.5) is 0 Å². The molecule has 0 saturated heterocycles. The van der Waals surface area contributed by atoms with Gasteiger partial charge in [-0.15, -0.1) is 0 Å². The molecule has 1 rings (SSSR count). The third-order valence-corrected chi connectivity index (χ3v) is 3.24. The van der Waals surface area contributed by atoms with Crippen molar-refractivity contribution in [3.8, 4) is 0 Å². The average molecular weight is 405 g/mol. The number of pyridine rings is 1. The quantitative estimate of drug-likeness (QED) is 0.835. The number of rotatable bonds is 4. The van der Waals surface area contributed by atoms with Crippen LogP contribution in [0.2, 0.25) is 0 Å². The van der Waals surface area contributed by atoms with Crippen LogP contribution in [-0.2, 0) is 27.5 Å². The van der Waals surface area contributed by atoms with Crippen LogP contribution in [0.25, 0.3) is 0 Å². The molecule has 0 aromatic carbocycles. The Kier molecular flexibility index (Phi) is 7.19. The fourth-order valence-electron chi connectivity index (χ4n) is 1.60. The zero-order valence-corrected chi connectivity index (χ0v) is 14.2. The molecule has 0 aliphatic rings. The second kappa shape index (κ2) is 7.28. The van der Waals surface area contributed by atoms with Gasteiger partial charge in [0.25, 0.3) is 0 Å². The summed E-state index contributed by atoms with van der Waals surface area (Å²) in [6.07, 6.45) is 3.63. The molecule has 0 aliphatic carbocycles. The number of aromatic nitrogens is 1. The first-order valence-corrected chi connectivity index (χ1v) is 6.01. The van der Waals surface area contributed by atoms with E-state index in [1.165, 1.54) is 5.56 Å². The van der Waals surface area contributed by atoms with Crippen LogP contribution in [0.15, 0.2) is 18.3 Å². The van der Waals surface area contributed by atoms with Crippen molar-refractivity contribution in [2.75, 3.05) is 6.61 Å². The van der Waals surface area contributed by atoms with E-state index in [4.69, 9.17) is 5.11 Å². The molecule has 96 valence electrons. The Morgan fingerprint density at radius 3 is 2.35 bits per heavy atom. The summed E-state index contributed by atoms with van der Waals surface area (Å²) in [5, 5.41) is 8.75. The van der Waals surface area contributed by atoms with Crippen molar-refractivity contribution in [2.24, 2.45) is 5.41 Å². The Bertz CT molecular complexity index is 316. The molecule has 0 radical (unpaired) electrons. The smallest absolute Gasteiger partial charge is 0.0434 e. The summed E-state index contributed by atoms with van der Waals surface area (Å²) in [6, 6.07) is 4.24. The number of aryl methyl sites for hydroxylation is 1. The minimum atomic E-state index is 0. The third-order valence-electron chi connectivity index (χ3n) is 3.24. The van der Waals surface area contributed by atoms with Crippen molar-refractivity contribution < 1.29 is 26.2 Å². The molecular weight excluding hydrogens is 382 g/mol. The van der Waals surface area contributed by atoms with Crippen molar-refractivity contribution in [3.05, 3.63) is 29.6 Å². The summed E-state index contributed by atoms with van der Waals surface area (Å²) in [5.41, 5.74) is 2.63. The van der Waals surface area contributed by atoms with Gasteiger partial charge >= 0.3 is 0 Å². The molecular formula is C14H23NOW. The van der Waals surface area contributed by atoms with E-state index >= 15 is 0 Å². The van der Waals surface area contributed by atoms with E-state index in [0.717, 1.165) is 18.5 Å². The predicted octanol–water partition coefficient (Wildman–Crippen LogP) is 3.15. The first-order valence-electron chi connectivity index (χ1n) is 6.01. The van der Waals surface area contributed by atoms with Crippen molar-refractivity contribution in [1.29, 1.82) is 0 Å². The Labute approximate surface area is 119 Å². The number of nitrogens with zero attached hydrogens (tertiary/aromatic N) is 1. The fourth-order valence-corrected chi connectivity index (χ4v) is 1.60. The van der Waals surface area contributed by atoms with E-state index in [2.05, 4.69) is 44.8 Å². The minimum absolute atomic E-state index is 0. The van der Waals surface area contributed by atoms with Crippen molar-refractivity contribution in [1.82, 2.24) is 4.98 Å². The van der Waals surface area contributed by atoms with Gasteiger partial charge in [-0.3, -0.25) is 4.98 Å². The molecule has 1 aromatic heterocycles. The molecule has 17 heavy (non-hydrogen) atoms. The van der Waals surface area contributed by atoms with Crippen LogP contribution in [0.5, 0.6) is 0 Å². The van der Waals surface area contributed by atoms with E-state index in [1.807, 2.05) is 6.20 Å². The molecule has 1 N–H and O–H groups in total. The molecule has 0 bridgehead atoms. The van der Waals surface area contributed by atoms with Gasteiger partial charge in [-0.25, -0.2) is 0 Å². The molecule has 0 amide bonds. The summed E-state index contributed by atoms with van der Waals surface area (Å²) in [4.78, 5) is 4.44. The van der Waals surface area contributed by atoms with E-state index in [0.29, 0.717) is 5.92 Å². The summed E-state index contributed by atoms with van der Waals surface area (Å²) in [5.74, 6) is 0.506.